The molecular weight excluding hydrogens is 150 g/mol. The lowest BCUT2D eigenvalue weighted by atomic mass is 9.78. The van der Waals surface area contributed by atoms with Crippen LogP contribution in [0.3, 0.4) is 0 Å². The molecule has 0 amide bonds. The average Bonchev–Trinajstić information content (AvgIpc) is 2.09. The topological polar surface area (TPSA) is 46.2 Å². The maximum Gasteiger partial charge on any atom is 0.0580 e. The summed E-state index contributed by atoms with van der Waals surface area (Å²) in [7, 11) is 0. The highest BCUT2D eigenvalue weighted by molar-refractivity contribution is 4.83. The van der Waals surface area contributed by atoms with Crippen LogP contribution in [-0.2, 0) is 0 Å². The second-order valence-corrected chi connectivity index (χ2v) is 3.77. The van der Waals surface area contributed by atoms with Gasteiger partial charge < -0.3 is 10.8 Å². The first-order valence-corrected chi connectivity index (χ1v) is 4.77. The van der Waals surface area contributed by atoms with Crippen molar-refractivity contribution in [2.45, 2.75) is 31.8 Å². The zero-order chi connectivity index (χ0) is 8.97. The maximum absolute atomic E-state index is 9.55. The molecule has 1 fully saturated rings. The van der Waals surface area contributed by atoms with Crippen molar-refractivity contribution in [3.63, 3.8) is 0 Å². The van der Waals surface area contributed by atoms with Gasteiger partial charge in [0, 0.05) is 0 Å². The Morgan fingerprint density at radius 3 is 2.83 bits per heavy atom. The highest BCUT2D eigenvalue weighted by Gasteiger charge is 2.27. The van der Waals surface area contributed by atoms with Crippen LogP contribution < -0.4 is 5.73 Å². The molecule has 0 radical (unpaired) electrons. The summed E-state index contributed by atoms with van der Waals surface area (Å²) in [6, 6.07) is 0. The van der Waals surface area contributed by atoms with Crippen LogP contribution in [-0.4, -0.2) is 17.8 Å². The number of allylic oxidation sites excluding steroid dienone is 1. The molecule has 3 unspecified atom stereocenters. The first kappa shape index (κ1) is 9.75. The third-order valence-electron chi connectivity index (χ3n) is 2.85. The second kappa shape index (κ2) is 4.63. The van der Waals surface area contributed by atoms with Crippen LogP contribution in [0.5, 0.6) is 0 Å². The number of aliphatic hydroxyl groups excluding tert-OH is 1. The molecule has 0 bridgehead atoms. The van der Waals surface area contributed by atoms with E-state index in [-0.39, 0.29) is 6.10 Å². The van der Waals surface area contributed by atoms with E-state index in [1.54, 1.807) is 0 Å². The fourth-order valence-corrected chi connectivity index (χ4v) is 2.05. The van der Waals surface area contributed by atoms with Gasteiger partial charge in [-0.1, -0.05) is 6.08 Å². The van der Waals surface area contributed by atoms with Crippen LogP contribution in [0.15, 0.2) is 12.7 Å². The average molecular weight is 169 g/mol. The van der Waals surface area contributed by atoms with E-state index in [2.05, 4.69) is 6.58 Å². The minimum atomic E-state index is -0.156. The SMILES string of the molecule is C=CCC1CCC(O)C(CN)C1. The molecule has 12 heavy (non-hydrogen) atoms. The fraction of sp³-hybridized carbons (Fsp3) is 0.800. The molecule has 1 aliphatic rings. The predicted molar refractivity (Wildman–Crippen MR) is 50.7 cm³/mol. The normalized spacial score (nSPS) is 36.3. The van der Waals surface area contributed by atoms with E-state index in [0.29, 0.717) is 18.4 Å². The Morgan fingerprint density at radius 1 is 1.50 bits per heavy atom. The van der Waals surface area contributed by atoms with Crippen molar-refractivity contribution in [1.82, 2.24) is 0 Å². The molecule has 0 heterocycles. The molecule has 1 rings (SSSR count). The molecule has 0 aromatic heterocycles. The van der Waals surface area contributed by atoms with Crippen LogP contribution >= 0.6 is 0 Å². The molecule has 2 nitrogen and oxygen atoms in total. The van der Waals surface area contributed by atoms with Crippen LogP contribution in [0.1, 0.15) is 25.7 Å². The molecule has 1 aliphatic carbocycles. The van der Waals surface area contributed by atoms with Crippen LogP contribution in [0.4, 0.5) is 0 Å². The standard InChI is InChI=1S/C10H19NO/c1-2-3-8-4-5-10(12)9(6-8)7-11/h2,8-10,12H,1,3-7,11H2. The van der Waals surface area contributed by atoms with Gasteiger partial charge in [0.15, 0.2) is 0 Å². The van der Waals surface area contributed by atoms with Crippen LogP contribution in [0, 0.1) is 11.8 Å². The lowest BCUT2D eigenvalue weighted by Gasteiger charge is -2.32. The van der Waals surface area contributed by atoms with Crippen molar-refractivity contribution in [3.05, 3.63) is 12.7 Å². The zero-order valence-electron chi connectivity index (χ0n) is 7.58. The van der Waals surface area contributed by atoms with Crippen molar-refractivity contribution in [2.75, 3.05) is 6.54 Å². The maximum atomic E-state index is 9.55. The summed E-state index contributed by atoms with van der Waals surface area (Å²) >= 11 is 0. The summed E-state index contributed by atoms with van der Waals surface area (Å²) in [4.78, 5) is 0. The number of rotatable bonds is 3. The molecule has 0 aromatic carbocycles. The molecule has 0 spiro atoms. The quantitative estimate of drug-likeness (QED) is 0.625. The van der Waals surface area contributed by atoms with Crippen LogP contribution in [0.2, 0.25) is 0 Å². The van der Waals surface area contributed by atoms with E-state index in [0.717, 1.165) is 25.7 Å². The molecule has 2 heteroatoms. The Morgan fingerprint density at radius 2 is 2.25 bits per heavy atom. The van der Waals surface area contributed by atoms with E-state index in [4.69, 9.17) is 5.73 Å². The van der Waals surface area contributed by atoms with E-state index < -0.39 is 0 Å². The lowest BCUT2D eigenvalue weighted by molar-refractivity contribution is 0.0530. The molecule has 0 saturated heterocycles. The first-order chi connectivity index (χ1) is 5.77. The number of hydrogen-bond donors (Lipinski definition) is 2. The van der Waals surface area contributed by atoms with Crippen molar-refractivity contribution in [1.29, 1.82) is 0 Å². The minimum Gasteiger partial charge on any atom is -0.393 e. The van der Waals surface area contributed by atoms with Gasteiger partial charge in [-0.25, -0.2) is 0 Å². The Labute approximate surface area is 74.5 Å². The second-order valence-electron chi connectivity index (χ2n) is 3.77. The van der Waals surface area contributed by atoms with E-state index in [9.17, 15) is 5.11 Å². The third-order valence-corrected chi connectivity index (χ3v) is 2.85. The fourth-order valence-electron chi connectivity index (χ4n) is 2.05. The summed E-state index contributed by atoms with van der Waals surface area (Å²) in [6.07, 6.45) is 6.00. The Bertz CT molecular complexity index is 147. The van der Waals surface area contributed by atoms with Crippen molar-refractivity contribution in [3.8, 4) is 0 Å². The van der Waals surface area contributed by atoms with Gasteiger partial charge in [0.05, 0.1) is 6.10 Å². The minimum absolute atomic E-state index is 0.156. The summed E-state index contributed by atoms with van der Waals surface area (Å²) in [5.74, 6) is 1.03. The van der Waals surface area contributed by atoms with E-state index in [1.165, 1.54) is 0 Å². The summed E-state index contributed by atoms with van der Waals surface area (Å²) in [5.41, 5.74) is 5.57. The summed E-state index contributed by atoms with van der Waals surface area (Å²) in [5, 5.41) is 9.55. The molecule has 0 aromatic rings. The molecule has 1 saturated carbocycles. The van der Waals surface area contributed by atoms with Gasteiger partial charge in [0.2, 0.25) is 0 Å². The van der Waals surface area contributed by atoms with Gasteiger partial charge in [-0.3, -0.25) is 0 Å². The number of hydrogen-bond acceptors (Lipinski definition) is 2. The van der Waals surface area contributed by atoms with E-state index >= 15 is 0 Å². The Kier molecular flexibility index (Phi) is 3.76. The van der Waals surface area contributed by atoms with Crippen LogP contribution in [0.25, 0.3) is 0 Å². The Balaban J connectivity index is 2.38. The predicted octanol–water partition coefficient (Wildman–Crippen LogP) is 1.30. The monoisotopic (exact) mass is 169 g/mol. The Hall–Kier alpha value is -0.340. The highest BCUT2D eigenvalue weighted by Crippen LogP contribution is 2.30. The largest absolute Gasteiger partial charge is 0.393 e. The first-order valence-electron chi connectivity index (χ1n) is 4.77. The summed E-state index contributed by atoms with van der Waals surface area (Å²) in [6.45, 7) is 4.35. The zero-order valence-corrected chi connectivity index (χ0v) is 7.58. The van der Waals surface area contributed by atoms with Gasteiger partial charge in [0.1, 0.15) is 0 Å². The number of nitrogens with two attached hydrogens (primary N) is 1. The third kappa shape index (κ3) is 2.32. The van der Waals surface area contributed by atoms with Crippen molar-refractivity contribution in [2.24, 2.45) is 17.6 Å². The van der Waals surface area contributed by atoms with Crippen molar-refractivity contribution >= 4 is 0 Å². The summed E-state index contributed by atoms with van der Waals surface area (Å²) < 4.78 is 0. The molecule has 0 aliphatic heterocycles. The van der Waals surface area contributed by atoms with Gasteiger partial charge >= 0.3 is 0 Å². The van der Waals surface area contributed by atoms with Gasteiger partial charge in [-0.2, -0.15) is 0 Å². The highest BCUT2D eigenvalue weighted by atomic mass is 16.3. The molecule has 3 atom stereocenters. The molecular formula is C10H19NO. The number of aliphatic hydroxyl groups is 1. The van der Waals surface area contributed by atoms with Gasteiger partial charge in [-0.15, -0.1) is 6.58 Å². The lowest BCUT2D eigenvalue weighted by Crippen LogP contribution is -2.34. The molecule has 3 N–H and O–H groups in total. The van der Waals surface area contributed by atoms with Crippen molar-refractivity contribution < 1.29 is 5.11 Å². The van der Waals surface area contributed by atoms with Gasteiger partial charge in [-0.05, 0) is 44.1 Å². The van der Waals surface area contributed by atoms with Gasteiger partial charge in [0.25, 0.3) is 0 Å². The smallest absolute Gasteiger partial charge is 0.0580 e. The molecule has 70 valence electrons. The van der Waals surface area contributed by atoms with E-state index in [1.807, 2.05) is 6.08 Å².